The van der Waals surface area contributed by atoms with E-state index in [1.54, 1.807) is 11.1 Å². The number of nitrogens with one attached hydrogen (secondary N) is 1. The zero-order chi connectivity index (χ0) is 20.9. The first kappa shape index (κ1) is 20.8. The summed E-state index contributed by atoms with van der Waals surface area (Å²) in [7, 11) is 0. The number of benzene rings is 3. The molecular formula is C30H37N. The zero-order valence-electron chi connectivity index (χ0n) is 19.0. The number of unbranched alkanes of at least 4 members (excludes halogenated alkanes) is 2. The number of fused-ring (bicyclic) bond motifs is 2. The van der Waals surface area contributed by atoms with Crippen molar-refractivity contribution in [2.45, 2.75) is 83.1 Å². The summed E-state index contributed by atoms with van der Waals surface area (Å²) in [5.41, 5.74) is 7.42. The first-order valence-electron chi connectivity index (χ1n) is 12.7. The van der Waals surface area contributed by atoms with Crippen LogP contribution in [0.3, 0.4) is 0 Å². The molecule has 31 heavy (non-hydrogen) atoms. The topological polar surface area (TPSA) is 12.0 Å². The number of hydrogen-bond acceptors (Lipinski definition) is 1. The average Bonchev–Trinajstić information content (AvgIpc) is 3.30. The van der Waals surface area contributed by atoms with E-state index >= 15 is 0 Å². The molecule has 3 aromatic carbocycles. The number of rotatable bonds is 8. The minimum Gasteiger partial charge on any atom is -0.314 e. The standard InChI is InChI=1S/C30H37N/c1-4-13-27(14-5-1)31-21-8-2-3-10-24-19-20-29(30-16-7-6-15-28(24)30)26-18-17-23-11-9-12-25(23)22-26/h6-7,15-20,22,27,31H,1-5,8-14,21H2. The van der Waals surface area contributed by atoms with Crippen molar-refractivity contribution in [3.63, 3.8) is 0 Å². The first-order valence-corrected chi connectivity index (χ1v) is 12.7. The molecule has 0 atom stereocenters. The fraction of sp³-hybridized carbons (Fsp3) is 0.467. The summed E-state index contributed by atoms with van der Waals surface area (Å²) < 4.78 is 0. The Morgan fingerprint density at radius 1 is 0.710 bits per heavy atom. The van der Waals surface area contributed by atoms with E-state index in [1.807, 2.05) is 0 Å². The molecule has 0 saturated heterocycles. The van der Waals surface area contributed by atoms with Crippen molar-refractivity contribution >= 4 is 10.8 Å². The van der Waals surface area contributed by atoms with Gasteiger partial charge in [0.05, 0.1) is 0 Å². The van der Waals surface area contributed by atoms with Crippen molar-refractivity contribution in [2.24, 2.45) is 0 Å². The Kier molecular flexibility index (Phi) is 6.70. The van der Waals surface area contributed by atoms with Crippen LogP contribution in [0.4, 0.5) is 0 Å². The van der Waals surface area contributed by atoms with E-state index < -0.39 is 0 Å². The molecule has 1 fully saturated rings. The summed E-state index contributed by atoms with van der Waals surface area (Å²) in [6, 6.07) is 21.7. The van der Waals surface area contributed by atoms with Crippen LogP contribution in [-0.4, -0.2) is 12.6 Å². The van der Waals surface area contributed by atoms with Gasteiger partial charge in [-0.1, -0.05) is 80.3 Å². The highest BCUT2D eigenvalue weighted by Crippen LogP contribution is 2.34. The second-order valence-corrected chi connectivity index (χ2v) is 9.75. The molecule has 5 rings (SSSR count). The number of aryl methyl sites for hydroxylation is 3. The maximum Gasteiger partial charge on any atom is 0.00670 e. The van der Waals surface area contributed by atoms with Gasteiger partial charge in [0.25, 0.3) is 0 Å². The van der Waals surface area contributed by atoms with E-state index in [2.05, 4.69) is 59.9 Å². The zero-order valence-corrected chi connectivity index (χ0v) is 19.0. The van der Waals surface area contributed by atoms with E-state index in [0.29, 0.717) is 0 Å². The maximum atomic E-state index is 3.79. The van der Waals surface area contributed by atoms with E-state index in [1.165, 1.54) is 111 Å². The lowest BCUT2D eigenvalue weighted by molar-refractivity contribution is 0.370. The van der Waals surface area contributed by atoms with E-state index in [0.717, 1.165) is 6.04 Å². The summed E-state index contributed by atoms with van der Waals surface area (Å²) in [6.45, 7) is 1.20. The third kappa shape index (κ3) is 4.88. The van der Waals surface area contributed by atoms with Gasteiger partial charge in [-0.2, -0.15) is 0 Å². The fourth-order valence-corrected chi connectivity index (χ4v) is 5.80. The Labute approximate surface area is 188 Å². The predicted octanol–water partition coefficient (Wildman–Crippen LogP) is 7.63. The van der Waals surface area contributed by atoms with Crippen molar-refractivity contribution < 1.29 is 0 Å². The van der Waals surface area contributed by atoms with Crippen LogP contribution in [0.1, 0.15) is 74.5 Å². The smallest absolute Gasteiger partial charge is 0.00670 e. The van der Waals surface area contributed by atoms with Crippen molar-refractivity contribution in [3.05, 3.63) is 71.3 Å². The lowest BCUT2D eigenvalue weighted by atomic mass is 9.92. The molecule has 1 heteroatoms. The van der Waals surface area contributed by atoms with Crippen molar-refractivity contribution in [2.75, 3.05) is 6.54 Å². The molecule has 2 aliphatic carbocycles. The van der Waals surface area contributed by atoms with Crippen LogP contribution in [0, 0.1) is 0 Å². The molecular weight excluding hydrogens is 374 g/mol. The maximum absolute atomic E-state index is 3.79. The summed E-state index contributed by atoms with van der Waals surface area (Å²) in [4.78, 5) is 0. The van der Waals surface area contributed by atoms with Gasteiger partial charge in [0.2, 0.25) is 0 Å². The second kappa shape index (κ2) is 10.0. The summed E-state index contributed by atoms with van der Waals surface area (Å²) in [5.74, 6) is 0. The van der Waals surface area contributed by atoms with E-state index in [9.17, 15) is 0 Å². The molecule has 0 unspecified atom stereocenters. The van der Waals surface area contributed by atoms with Crippen LogP contribution in [-0.2, 0) is 19.3 Å². The lowest BCUT2D eigenvalue weighted by Gasteiger charge is -2.22. The summed E-state index contributed by atoms with van der Waals surface area (Å²) >= 11 is 0. The minimum atomic E-state index is 0.796. The van der Waals surface area contributed by atoms with Crippen molar-refractivity contribution in [3.8, 4) is 11.1 Å². The third-order valence-corrected chi connectivity index (χ3v) is 7.58. The predicted molar refractivity (Wildman–Crippen MR) is 134 cm³/mol. The van der Waals surface area contributed by atoms with Gasteiger partial charge >= 0.3 is 0 Å². The molecule has 1 saturated carbocycles. The van der Waals surface area contributed by atoms with Gasteiger partial charge in [-0.25, -0.2) is 0 Å². The largest absolute Gasteiger partial charge is 0.314 e. The molecule has 0 aromatic heterocycles. The normalized spacial score (nSPS) is 16.6. The Hall–Kier alpha value is -2.12. The molecule has 0 amide bonds. The van der Waals surface area contributed by atoms with Crippen LogP contribution in [0.2, 0.25) is 0 Å². The Bertz CT molecular complexity index is 1010. The molecule has 0 bridgehead atoms. The Morgan fingerprint density at radius 3 is 2.45 bits per heavy atom. The van der Waals surface area contributed by atoms with Gasteiger partial charge in [0.15, 0.2) is 0 Å². The van der Waals surface area contributed by atoms with Gasteiger partial charge in [-0.05, 0) is 96.5 Å². The second-order valence-electron chi connectivity index (χ2n) is 9.75. The SMILES string of the molecule is c1ccc2c(-c3ccc4c(c3)CCC4)ccc(CCCCCNC3CCCCC3)c2c1. The summed E-state index contributed by atoms with van der Waals surface area (Å²) in [6.07, 6.45) is 16.0. The van der Waals surface area contributed by atoms with E-state index in [4.69, 9.17) is 0 Å². The lowest BCUT2D eigenvalue weighted by Crippen LogP contribution is -2.31. The Balaban J connectivity index is 1.23. The highest BCUT2D eigenvalue weighted by Gasteiger charge is 2.14. The average molecular weight is 412 g/mol. The van der Waals surface area contributed by atoms with Gasteiger partial charge in [-0.3, -0.25) is 0 Å². The number of hydrogen-bond donors (Lipinski definition) is 1. The van der Waals surface area contributed by atoms with Crippen molar-refractivity contribution in [1.82, 2.24) is 5.32 Å². The monoisotopic (exact) mass is 411 g/mol. The molecule has 0 heterocycles. The van der Waals surface area contributed by atoms with Crippen LogP contribution in [0.15, 0.2) is 54.6 Å². The molecule has 0 radical (unpaired) electrons. The van der Waals surface area contributed by atoms with E-state index in [-0.39, 0.29) is 0 Å². The van der Waals surface area contributed by atoms with Crippen LogP contribution < -0.4 is 5.32 Å². The summed E-state index contributed by atoms with van der Waals surface area (Å²) in [5, 5.41) is 6.65. The molecule has 1 nitrogen and oxygen atoms in total. The first-order chi connectivity index (χ1) is 15.4. The minimum absolute atomic E-state index is 0.796. The van der Waals surface area contributed by atoms with Gasteiger partial charge < -0.3 is 5.32 Å². The molecule has 1 N–H and O–H groups in total. The van der Waals surface area contributed by atoms with Crippen molar-refractivity contribution in [1.29, 1.82) is 0 Å². The van der Waals surface area contributed by atoms with Gasteiger partial charge in [0, 0.05) is 6.04 Å². The quantitative estimate of drug-likeness (QED) is 0.376. The highest BCUT2D eigenvalue weighted by atomic mass is 14.9. The van der Waals surface area contributed by atoms with Crippen LogP contribution >= 0.6 is 0 Å². The fourth-order valence-electron chi connectivity index (χ4n) is 5.80. The molecule has 162 valence electrons. The Morgan fingerprint density at radius 2 is 1.55 bits per heavy atom. The van der Waals surface area contributed by atoms with Crippen LogP contribution in [0.5, 0.6) is 0 Å². The van der Waals surface area contributed by atoms with Gasteiger partial charge in [-0.15, -0.1) is 0 Å². The molecule has 3 aromatic rings. The molecule has 2 aliphatic rings. The highest BCUT2D eigenvalue weighted by molar-refractivity contribution is 5.98. The molecule has 0 spiro atoms. The molecule has 0 aliphatic heterocycles. The van der Waals surface area contributed by atoms with Gasteiger partial charge in [0.1, 0.15) is 0 Å². The van der Waals surface area contributed by atoms with Crippen LogP contribution in [0.25, 0.3) is 21.9 Å². The third-order valence-electron chi connectivity index (χ3n) is 7.58.